The van der Waals surface area contributed by atoms with Crippen molar-refractivity contribution in [2.45, 2.75) is 19.5 Å². The van der Waals surface area contributed by atoms with Gasteiger partial charge in [-0.05, 0) is 23.6 Å². The zero-order valence-electron chi connectivity index (χ0n) is 11.7. The molecule has 3 heteroatoms. The second-order valence-corrected chi connectivity index (χ2v) is 7.08. The first-order valence-corrected chi connectivity index (χ1v) is 8.46. The van der Waals surface area contributed by atoms with Crippen LogP contribution in [0.4, 0.5) is 0 Å². The first kappa shape index (κ1) is 13.3. The fourth-order valence-electron chi connectivity index (χ4n) is 3.06. The van der Waals surface area contributed by atoms with Gasteiger partial charge in [0.1, 0.15) is 0 Å². The standard InChI is InChI=1S/C18H16ClNS/c19-18-15-7-3-4-8-16(15)21-17(18)12-20-10-9-13-5-1-2-6-14(13)11-20/h1-8H,9-12H2. The van der Waals surface area contributed by atoms with Crippen LogP contribution in [0.3, 0.4) is 0 Å². The molecule has 4 rings (SSSR count). The first-order chi connectivity index (χ1) is 10.3. The summed E-state index contributed by atoms with van der Waals surface area (Å²) in [5, 5.41) is 2.13. The van der Waals surface area contributed by atoms with Crippen LogP contribution in [0, 0.1) is 0 Å². The highest BCUT2D eigenvalue weighted by molar-refractivity contribution is 7.19. The van der Waals surface area contributed by atoms with Crippen LogP contribution in [0.15, 0.2) is 48.5 Å². The fraction of sp³-hybridized carbons (Fsp3) is 0.222. The molecular formula is C18H16ClNS. The van der Waals surface area contributed by atoms with Gasteiger partial charge in [-0.3, -0.25) is 4.90 Å². The third kappa shape index (κ3) is 2.48. The van der Waals surface area contributed by atoms with Crippen molar-refractivity contribution in [1.29, 1.82) is 0 Å². The maximum atomic E-state index is 6.56. The molecule has 0 atom stereocenters. The molecule has 1 nitrogen and oxygen atoms in total. The number of hydrogen-bond acceptors (Lipinski definition) is 2. The second-order valence-electron chi connectivity index (χ2n) is 5.56. The SMILES string of the molecule is Clc1c(CN2CCc3ccccc3C2)sc2ccccc12. The monoisotopic (exact) mass is 313 g/mol. The average molecular weight is 314 g/mol. The molecule has 1 aliphatic rings. The van der Waals surface area contributed by atoms with Crippen LogP contribution >= 0.6 is 22.9 Å². The Balaban J connectivity index is 1.60. The normalized spacial score (nSPS) is 15.3. The minimum Gasteiger partial charge on any atom is -0.294 e. The van der Waals surface area contributed by atoms with Crippen molar-refractivity contribution in [2.75, 3.05) is 6.54 Å². The Bertz CT molecular complexity index is 793. The minimum atomic E-state index is 0.939. The van der Waals surface area contributed by atoms with E-state index >= 15 is 0 Å². The molecule has 2 aromatic carbocycles. The van der Waals surface area contributed by atoms with Crippen molar-refractivity contribution < 1.29 is 0 Å². The molecule has 2 heterocycles. The van der Waals surface area contributed by atoms with Gasteiger partial charge < -0.3 is 0 Å². The van der Waals surface area contributed by atoms with E-state index in [-0.39, 0.29) is 0 Å². The predicted octanol–water partition coefficient (Wildman–Crippen LogP) is 5.11. The zero-order valence-corrected chi connectivity index (χ0v) is 13.3. The number of thiophene rings is 1. The minimum absolute atomic E-state index is 0.939. The lowest BCUT2D eigenvalue weighted by molar-refractivity contribution is 0.248. The van der Waals surface area contributed by atoms with Gasteiger partial charge in [0.15, 0.2) is 0 Å². The third-order valence-corrected chi connectivity index (χ3v) is 5.88. The number of fused-ring (bicyclic) bond motifs is 2. The summed E-state index contributed by atoms with van der Waals surface area (Å²) in [4.78, 5) is 3.79. The highest BCUT2D eigenvalue weighted by atomic mass is 35.5. The summed E-state index contributed by atoms with van der Waals surface area (Å²) < 4.78 is 1.29. The summed E-state index contributed by atoms with van der Waals surface area (Å²) in [5.74, 6) is 0. The lowest BCUT2D eigenvalue weighted by Crippen LogP contribution is -2.29. The van der Waals surface area contributed by atoms with E-state index < -0.39 is 0 Å². The summed E-state index contributed by atoms with van der Waals surface area (Å²) in [6.07, 6.45) is 1.14. The third-order valence-electron chi connectivity index (χ3n) is 4.18. The molecule has 0 aliphatic carbocycles. The average Bonchev–Trinajstić information content (AvgIpc) is 2.84. The maximum absolute atomic E-state index is 6.56. The molecule has 0 fully saturated rings. The van der Waals surface area contributed by atoms with Gasteiger partial charge in [0.2, 0.25) is 0 Å². The van der Waals surface area contributed by atoms with Gasteiger partial charge >= 0.3 is 0 Å². The van der Waals surface area contributed by atoms with Crippen molar-refractivity contribution in [3.05, 3.63) is 69.6 Å². The molecule has 0 saturated carbocycles. The van der Waals surface area contributed by atoms with Crippen LogP contribution in [0.2, 0.25) is 5.02 Å². The molecule has 0 unspecified atom stereocenters. The molecule has 0 bridgehead atoms. The van der Waals surface area contributed by atoms with Gasteiger partial charge in [-0.1, -0.05) is 54.1 Å². The van der Waals surface area contributed by atoms with E-state index in [2.05, 4.69) is 53.4 Å². The predicted molar refractivity (Wildman–Crippen MR) is 91.1 cm³/mol. The van der Waals surface area contributed by atoms with E-state index in [9.17, 15) is 0 Å². The van der Waals surface area contributed by atoms with Crippen molar-refractivity contribution in [2.24, 2.45) is 0 Å². The van der Waals surface area contributed by atoms with E-state index in [1.807, 2.05) is 11.3 Å². The summed E-state index contributed by atoms with van der Waals surface area (Å²) in [6, 6.07) is 17.2. The highest BCUT2D eigenvalue weighted by Crippen LogP contribution is 2.36. The Morgan fingerprint density at radius 2 is 1.76 bits per heavy atom. The van der Waals surface area contributed by atoms with Gasteiger partial charge in [0.25, 0.3) is 0 Å². The molecule has 1 aliphatic heterocycles. The summed E-state index contributed by atoms with van der Waals surface area (Å²) in [7, 11) is 0. The second kappa shape index (κ2) is 5.45. The molecule has 1 aromatic heterocycles. The van der Waals surface area contributed by atoms with Crippen LogP contribution in [0.25, 0.3) is 10.1 Å². The van der Waals surface area contributed by atoms with Gasteiger partial charge in [0, 0.05) is 34.6 Å². The molecular weight excluding hydrogens is 298 g/mol. The molecule has 21 heavy (non-hydrogen) atoms. The molecule has 0 spiro atoms. The van der Waals surface area contributed by atoms with Gasteiger partial charge in [0.05, 0.1) is 5.02 Å². The lowest BCUT2D eigenvalue weighted by Gasteiger charge is -2.28. The van der Waals surface area contributed by atoms with Gasteiger partial charge in [-0.2, -0.15) is 0 Å². The van der Waals surface area contributed by atoms with Crippen LogP contribution in [-0.4, -0.2) is 11.4 Å². The highest BCUT2D eigenvalue weighted by Gasteiger charge is 2.18. The topological polar surface area (TPSA) is 3.24 Å². The van der Waals surface area contributed by atoms with Crippen molar-refractivity contribution >= 4 is 33.0 Å². The molecule has 0 N–H and O–H groups in total. The molecule has 0 radical (unpaired) electrons. The Hall–Kier alpha value is -1.35. The fourth-order valence-corrected chi connectivity index (χ4v) is 4.59. The summed E-state index contributed by atoms with van der Waals surface area (Å²) in [6.45, 7) is 3.09. The lowest BCUT2D eigenvalue weighted by atomic mass is 10.00. The summed E-state index contributed by atoms with van der Waals surface area (Å²) >= 11 is 8.39. The molecule has 0 saturated heterocycles. The number of hydrogen-bond donors (Lipinski definition) is 0. The summed E-state index contributed by atoms with van der Waals surface area (Å²) in [5.41, 5.74) is 2.96. The zero-order chi connectivity index (χ0) is 14.2. The van der Waals surface area contributed by atoms with Crippen molar-refractivity contribution in [3.8, 4) is 0 Å². The van der Waals surface area contributed by atoms with E-state index in [4.69, 9.17) is 11.6 Å². The Morgan fingerprint density at radius 3 is 2.62 bits per heavy atom. The Labute approximate surface area is 133 Å². The Morgan fingerprint density at radius 1 is 1.00 bits per heavy atom. The smallest absolute Gasteiger partial charge is 0.0637 e. The number of halogens is 1. The van der Waals surface area contributed by atoms with Crippen molar-refractivity contribution in [3.63, 3.8) is 0 Å². The van der Waals surface area contributed by atoms with E-state index in [1.54, 1.807) is 0 Å². The van der Waals surface area contributed by atoms with Crippen molar-refractivity contribution in [1.82, 2.24) is 4.90 Å². The molecule has 0 amide bonds. The van der Waals surface area contributed by atoms with Crippen LogP contribution in [0.5, 0.6) is 0 Å². The largest absolute Gasteiger partial charge is 0.294 e. The Kier molecular flexibility index (Phi) is 3.46. The number of benzene rings is 2. The quantitative estimate of drug-likeness (QED) is 0.635. The number of rotatable bonds is 2. The van der Waals surface area contributed by atoms with Crippen LogP contribution in [-0.2, 0) is 19.5 Å². The number of nitrogens with zero attached hydrogens (tertiary/aromatic N) is 1. The van der Waals surface area contributed by atoms with Gasteiger partial charge in [-0.25, -0.2) is 0 Å². The van der Waals surface area contributed by atoms with E-state index in [0.717, 1.165) is 31.1 Å². The first-order valence-electron chi connectivity index (χ1n) is 7.26. The van der Waals surface area contributed by atoms with Crippen LogP contribution < -0.4 is 0 Å². The van der Waals surface area contributed by atoms with Crippen LogP contribution in [0.1, 0.15) is 16.0 Å². The molecule has 3 aromatic rings. The maximum Gasteiger partial charge on any atom is 0.0637 e. The van der Waals surface area contributed by atoms with Gasteiger partial charge in [-0.15, -0.1) is 11.3 Å². The molecule has 106 valence electrons. The van der Waals surface area contributed by atoms with E-state index in [1.165, 1.54) is 26.1 Å². The van der Waals surface area contributed by atoms with E-state index in [0.29, 0.717) is 0 Å².